The maximum absolute atomic E-state index is 11.4. The minimum absolute atomic E-state index is 0.260. The molecule has 1 aromatic rings. The van der Waals surface area contributed by atoms with Crippen LogP contribution in [0.3, 0.4) is 0 Å². The van der Waals surface area contributed by atoms with Crippen LogP contribution in [0, 0.1) is 0 Å². The molecule has 0 aromatic carbocycles. The highest BCUT2D eigenvalue weighted by molar-refractivity contribution is 5.87. The van der Waals surface area contributed by atoms with E-state index in [1.165, 1.54) is 50.5 Å². The fraction of sp³-hybridized carbons (Fsp3) is 0.615. The van der Waals surface area contributed by atoms with Gasteiger partial charge in [0.25, 0.3) is 0 Å². The van der Waals surface area contributed by atoms with Crippen molar-refractivity contribution in [1.82, 2.24) is 4.98 Å². The van der Waals surface area contributed by atoms with Gasteiger partial charge in [-0.3, -0.25) is 0 Å². The monoisotopic (exact) mass is 221 g/mol. The summed E-state index contributed by atoms with van der Waals surface area (Å²) < 4.78 is 4.73. The molecule has 1 heterocycles. The van der Waals surface area contributed by atoms with Crippen molar-refractivity contribution in [3.8, 4) is 0 Å². The van der Waals surface area contributed by atoms with Crippen LogP contribution in [0.2, 0.25) is 0 Å². The number of aromatic amines is 1. The van der Waals surface area contributed by atoms with Crippen LogP contribution in [0.4, 0.5) is 0 Å². The van der Waals surface area contributed by atoms with E-state index in [0.717, 1.165) is 12.8 Å². The number of hydrogen-bond acceptors (Lipinski definition) is 2. The predicted molar refractivity (Wildman–Crippen MR) is 62.6 cm³/mol. The Bertz CT molecular complexity index is 343. The first-order valence-electron chi connectivity index (χ1n) is 6.10. The van der Waals surface area contributed by atoms with Gasteiger partial charge in [0, 0.05) is 5.69 Å². The van der Waals surface area contributed by atoms with Crippen molar-refractivity contribution in [3.63, 3.8) is 0 Å². The van der Waals surface area contributed by atoms with Gasteiger partial charge in [0.15, 0.2) is 0 Å². The Kier molecular flexibility index (Phi) is 3.65. The second-order valence-corrected chi connectivity index (χ2v) is 4.45. The molecular weight excluding hydrogens is 202 g/mol. The third-order valence-corrected chi connectivity index (χ3v) is 3.27. The van der Waals surface area contributed by atoms with Crippen molar-refractivity contribution in [2.45, 2.75) is 44.9 Å². The average molecular weight is 221 g/mol. The Morgan fingerprint density at radius 3 is 2.62 bits per heavy atom. The van der Waals surface area contributed by atoms with Gasteiger partial charge in [-0.2, -0.15) is 0 Å². The summed E-state index contributed by atoms with van der Waals surface area (Å²) in [6.45, 7) is 0. The lowest BCUT2D eigenvalue weighted by atomic mass is 10.1. The van der Waals surface area contributed by atoms with Crippen molar-refractivity contribution in [2.75, 3.05) is 7.11 Å². The van der Waals surface area contributed by atoms with E-state index >= 15 is 0 Å². The second kappa shape index (κ2) is 5.19. The molecule has 1 aromatic heterocycles. The number of rotatable bonds is 1. The van der Waals surface area contributed by atoms with Gasteiger partial charge in [-0.05, 0) is 37.3 Å². The van der Waals surface area contributed by atoms with Gasteiger partial charge >= 0.3 is 5.97 Å². The number of ether oxygens (including phenoxy) is 1. The molecule has 0 unspecified atom stereocenters. The molecule has 0 saturated heterocycles. The highest BCUT2D eigenvalue weighted by atomic mass is 16.5. The zero-order valence-electron chi connectivity index (χ0n) is 9.84. The van der Waals surface area contributed by atoms with Gasteiger partial charge in [0.2, 0.25) is 0 Å². The van der Waals surface area contributed by atoms with E-state index in [9.17, 15) is 4.79 Å². The summed E-state index contributed by atoms with van der Waals surface area (Å²) in [5.41, 5.74) is 3.15. The third-order valence-electron chi connectivity index (χ3n) is 3.27. The third kappa shape index (κ3) is 2.46. The normalized spacial score (nSPS) is 16.8. The molecule has 0 bridgehead atoms. The summed E-state index contributed by atoms with van der Waals surface area (Å²) in [4.78, 5) is 14.6. The maximum atomic E-state index is 11.4. The number of fused-ring (bicyclic) bond motifs is 1. The fourth-order valence-electron chi connectivity index (χ4n) is 2.35. The zero-order valence-corrected chi connectivity index (χ0v) is 9.84. The molecule has 0 spiro atoms. The minimum atomic E-state index is -0.260. The van der Waals surface area contributed by atoms with E-state index in [-0.39, 0.29) is 5.97 Å². The fourth-order valence-corrected chi connectivity index (χ4v) is 2.35. The van der Waals surface area contributed by atoms with Gasteiger partial charge < -0.3 is 9.72 Å². The van der Waals surface area contributed by atoms with Gasteiger partial charge in [0.05, 0.1) is 7.11 Å². The lowest BCUT2D eigenvalue weighted by Crippen LogP contribution is -2.01. The Morgan fingerprint density at radius 1 is 1.19 bits per heavy atom. The van der Waals surface area contributed by atoms with Gasteiger partial charge in [0.1, 0.15) is 5.69 Å². The number of methoxy groups -OCH3 is 1. The zero-order chi connectivity index (χ0) is 11.4. The van der Waals surface area contributed by atoms with Crippen molar-refractivity contribution in [2.24, 2.45) is 0 Å². The van der Waals surface area contributed by atoms with E-state index in [1.54, 1.807) is 0 Å². The molecule has 88 valence electrons. The molecule has 0 fully saturated rings. The summed E-state index contributed by atoms with van der Waals surface area (Å²) in [5, 5.41) is 0. The number of aryl methyl sites for hydroxylation is 2. The average Bonchev–Trinajstić information content (AvgIpc) is 2.72. The molecule has 1 N–H and O–H groups in total. The van der Waals surface area contributed by atoms with Crippen LogP contribution >= 0.6 is 0 Å². The number of hydrogen-bond donors (Lipinski definition) is 1. The van der Waals surface area contributed by atoms with Gasteiger partial charge in [-0.25, -0.2) is 4.79 Å². The van der Waals surface area contributed by atoms with Crippen LogP contribution in [-0.4, -0.2) is 18.1 Å². The highest BCUT2D eigenvalue weighted by Gasteiger charge is 2.14. The summed E-state index contributed by atoms with van der Waals surface area (Å²) in [5.74, 6) is -0.260. The number of nitrogens with one attached hydrogen (secondary N) is 1. The van der Waals surface area contributed by atoms with E-state index in [0.29, 0.717) is 5.69 Å². The second-order valence-electron chi connectivity index (χ2n) is 4.45. The molecule has 0 atom stereocenters. The number of esters is 1. The van der Waals surface area contributed by atoms with Crippen molar-refractivity contribution in [3.05, 3.63) is 23.0 Å². The Morgan fingerprint density at radius 2 is 1.88 bits per heavy atom. The van der Waals surface area contributed by atoms with E-state index < -0.39 is 0 Å². The summed E-state index contributed by atoms with van der Waals surface area (Å²) in [6.07, 6.45) is 8.53. The van der Waals surface area contributed by atoms with E-state index in [2.05, 4.69) is 4.98 Å². The van der Waals surface area contributed by atoms with Crippen LogP contribution in [0.5, 0.6) is 0 Å². The summed E-state index contributed by atoms with van der Waals surface area (Å²) >= 11 is 0. The van der Waals surface area contributed by atoms with Gasteiger partial charge in [-0.15, -0.1) is 0 Å². The lowest BCUT2D eigenvalue weighted by molar-refractivity contribution is 0.0594. The van der Waals surface area contributed by atoms with Crippen LogP contribution in [0.1, 0.15) is 53.8 Å². The van der Waals surface area contributed by atoms with Crippen LogP contribution < -0.4 is 0 Å². The Hall–Kier alpha value is -1.25. The quantitative estimate of drug-likeness (QED) is 0.741. The predicted octanol–water partition coefficient (Wildman–Crippen LogP) is 2.85. The summed E-state index contributed by atoms with van der Waals surface area (Å²) in [7, 11) is 1.42. The molecule has 1 aliphatic carbocycles. The molecule has 3 nitrogen and oxygen atoms in total. The topological polar surface area (TPSA) is 42.1 Å². The standard InChI is InChI=1S/C13H19NO2/c1-16-13(15)12-9-10-7-5-3-2-4-6-8-11(10)14-12/h9,14H,2-8H2,1H3. The SMILES string of the molecule is COC(=O)c1cc2c([nH]1)CCCCCCC2. The molecule has 3 heteroatoms. The molecule has 2 rings (SSSR count). The molecule has 1 aliphatic rings. The number of carbonyl (C=O) groups excluding carboxylic acids is 1. The van der Waals surface area contributed by atoms with E-state index in [4.69, 9.17) is 4.74 Å². The highest BCUT2D eigenvalue weighted by Crippen LogP contribution is 2.20. The lowest BCUT2D eigenvalue weighted by Gasteiger charge is -1.99. The van der Waals surface area contributed by atoms with Crippen LogP contribution in [0.15, 0.2) is 6.07 Å². The molecule has 0 aliphatic heterocycles. The first kappa shape index (κ1) is 11.2. The largest absolute Gasteiger partial charge is 0.464 e. The first-order valence-corrected chi connectivity index (χ1v) is 6.10. The van der Waals surface area contributed by atoms with Crippen LogP contribution in [0.25, 0.3) is 0 Å². The van der Waals surface area contributed by atoms with Crippen molar-refractivity contribution < 1.29 is 9.53 Å². The molecule has 0 radical (unpaired) electrons. The summed E-state index contributed by atoms with van der Waals surface area (Å²) in [6, 6.07) is 1.96. The number of H-pyrrole nitrogens is 1. The first-order chi connectivity index (χ1) is 7.81. The van der Waals surface area contributed by atoms with Crippen molar-refractivity contribution >= 4 is 5.97 Å². The Balaban J connectivity index is 2.19. The van der Waals surface area contributed by atoms with Gasteiger partial charge in [-0.1, -0.05) is 19.3 Å². The van der Waals surface area contributed by atoms with Crippen molar-refractivity contribution in [1.29, 1.82) is 0 Å². The van der Waals surface area contributed by atoms with E-state index in [1.807, 2.05) is 6.07 Å². The number of carbonyl (C=O) groups is 1. The molecule has 16 heavy (non-hydrogen) atoms. The maximum Gasteiger partial charge on any atom is 0.354 e. The number of aromatic nitrogens is 1. The molecule has 0 amide bonds. The molecule has 0 saturated carbocycles. The Labute approximate surface area is 96.2 Å². The molecular formula is C13H19NO2. The minimum Gasteiger partial charge on any atom is -0.464 e. The smallest absolute Gasteiger partial charge is 0.354 e. The van der Waals surface area contributed by atoms with Crippen LogP contribution in [-0.2, 0) is 17.6 Å².